The number of rotatable bonds is 5. The molecule has 0 unspecified atom stereocenters. The minimum Gasteiger partial charge on any atom is -0.351 e. The monoisotopic (exact) mass is 297 g/mol. The summed E-state index contributed by atoms with van der Waals surface area (Å²) in [6.45, 7) is 5.37. The Kier molecular flexibility index (Phi) is 4.96. The summed E-state index contributed by atoms with van der Waals surface area (Å²) in [5, 5.41) is 5.04. The molecule has 0 atom stereocenters. The Labute approximate surface area is 125 Å². The van der Waals surface area contributed by atoms with Crippen LogP contribution < -0.4 is 5.32 Å². The summed E-state index contributed by atoms with van der Waals surface area (Å²) in [7, 11) is 0. The Morgan fingerprint density at radius 2 is 2.16 bits per heavy atom. The first-order valence-corrected chi connectivity index (χ1v) is 8.39. The van der Waals surface area contributed by atoms with Crippen molar-refractivity contribution in [2.24, 2.45) is 11.3 Å². The predicted octanol–water partition coefficient (Wildman–Crippen LogP) is 4.37. The SMILES string of the molecule is CC(C)CC1(CNC(=O)c2cc(S)cs2)CCCC1. The van der Waals surface area contributed by atoms with E-state index in [1.807, 2.05) is 11.4 Å². The molecule has 1 heterocycles. The molecule has 2 rings (SSSR count). The minimum absolute atomic E-state index is 0.0559. The summed E-state index contributed by atoms with van der Waals surface area (Å²) in [6, 6.07) is 1.84. The highest BCUT2D eigenvalue weighted by atomic mass is 32.1. The van der Waals surface area contributed by atoms with Gasteiger partial charge >= 0.3 is 0 Å². The van der Waals surface area contributed by atoms with Gasteiger partial charge in [-0.2, -0.15) is 0 Å². The van der Waals surface area contributed by atoms with Crippen molar-refractivity contribution in [3.8, 4) is 0 Å². The Hall–Kier alpha value is -0.480. The molecule has 0 saturated heterocycles. The number of hydrogen-bond donors (Lipinski definition) is 2. The second-order valence-corrected chi connectivity index (χ2v) is 7.58. The molecule has 1 aliphatic rings. The Bertz CT molecular complexity index is 433. The smallest absolute Gasteiger partial charge is 0.261 e. The lowest BCUT2D eigenvalue weighted by atomic mass is 9.78. The highest BCUT2D eigenvalue weighted by Gasteiger charge is 2.34. The van der Waals surface area contributed by atoms with Crippen molar-refractivity contribution in [2.45, 2.75) is 50.8 Å². The van der Waals surface area contributed by atoms with Crippen LogP contribution >= 0.6 is 24.0 Å². The molecule has 1 aromatic rings. The molecule has 1 fully saturated rings. The fourth-order valence-corrected chi connectivity index (χ4v) is 4.31. The van der Waals surface area contributed by atoms with E-state index in [2.05, 4.69) is 31.8 Å². The van der Waals surface area contributed by atoms with Crippen LogP contribution in [-0.2, 0) is 0 Å². The molecule has 4 heteroatoms. The van der Waals surface area contributed by atoms with Crippen LogP contribution in [0.3, 0.4) is 0 Å². The Morgan fingerprint density at radius 1 is 1.47 bits per heavy atom. The minimum atomic E-state index is 0.0559. The van der Waals surface area contributed by atoms with E-state index < -0.39 is 0 Å². The van der Waals surface area contributed by atoms with Crippen LogP contribution in [-0.4, -0.2) is 12.5 Å². The number of hydrogen-bond acceptors (Lipinski definition) is 3. The van der Waals surface area contributed by atoms with Gasteiger partial charge in [-0.3, -0.25) is 4.79 Å². The fraction of sp³-hybridized carbons (Fsp3) is 0.667. The molecule has 19 heavy (non-hydrogen) atoms. The number of amides is 1. The zero-order valence-electron chi connectivity index (χ0n) is 11.7. The first kappa shape index (κ1) is 14.9. The molecule has 1 aromatic heterocycles. The van der Waals surface area contributed by atoms with E-state index in [0.29, 0.717) is 11.3 Å². The highest BCUT2D eigenvalue weighted by Crippen LogP contribution is 2.42. The van der Waals surface area contributed by atoms with Gasteiger partial charge in [-0.1, -0.05) is 26.7 Å². The number of thiol groups is 1. The molecular weight excluding hydrogens is 274 g/mol. The third-order valence-corrected chi connectivity index (χ3v) is 5.30. The van der Waals surface area contributed by atoms with Crippen LogP contribution in [0.5, 0.6) is 0 Å². The normalized spacial score (nSPS) is 17.9. The molecular formula is C15H23NOS2. The molecule has 1 N–H and O–H groups in total. The predicted molar refractivity (Wildman–Crippen MR) is 84.3 cm³/mol. The summed E-state index contributed by atoms with van der Waals surface area (Å²) in [4.78, 5) is 13.7. The summed E-state index contributed by atoms with van der Waals surface area (Å²) in [5.41, 5.74) is 0.338. The summed E-state index contributed by atoms with van der Waals surface area (Å²) in [5.74, 6) is 0.751. The van der Waals surface area contributed by atoms with Crippen molar-refractivity contribution < 1.29 is 4.79 Å². The van der Waals surface area contributed by atoms with Crippen LogP contribution in [0.1, 0.15) is 55.6 Å². The van der Waals surface area contributed by atoms with Crippen molar-refractivity contribution in [3.05, 3.63) is 16.3 Å². The molecule has 0 radical (unpaired) electrons. The van der Waals surface area contributed by atoms with E-state index in [1.165, 1.54) is 43.4 Å². The number of carbonyl (C=O) groups excluding carboxylic acids is 1. The third-order valence-electron chi connectivity index (χ3n) is 3.94. The molecule has 0 aliphatic heterocycles. The Morgan fingerprint density at radius 3 is 2.68 bits per heavy atom. The Balaban J connectivity index is 1.94. The van der Waals surface area contributed by atoms with E-state index in [-0.39, 0.29) is 5.91 Å². The fourth-order valence-electron chi connectivity index (χ4n) is 3.24. The molecule has 0 bridgehead atoms. The lowest BCUT2D eigenvalue weighted by Gasteiger charge is -2.31. The van der Waals surface area contributed by atoms with Gasteiger partial charge in [-0.15, -0.1) is 24.0 Å². The van der Waals surface area contributed by atoms with Crippen molar-refractivity contribution in [3.63, 3.8) is 0 Å². The van der Waals surface area contributed by atoms with E-state index >= 15 is 0 Å². The first-order valence-electron chi connectivity index (χ1n) is 7.06. The van der Waals surface area contributed by atoms with E-state index in [0.717, 1.165) is 16.3 Å². The van der Waals surface area contributed by atoms with Crippen molar-refractivity contribution in [1.29, 1.82) is 0 Å². The molecule has 2 nitrogen and oxygen atoms in total. The standard InChI is InChI=1S/C15H23NOS2/c1-11(2)8-15(5-3-4-6-15)10-16-14(17)13-7-12(18)9-19-13/h7,9,11,18H,3-6,8,10H2,1-2H3,(H,16,17). The van der Waals surface area contributed by atoms with Gasteiger partial charge < -0.3 is 5.32 Å². The maximum atomic E-state index is 12.1. The number of thiophene rings is 1. The molecule has 0 spiro atoms. The maximum absolute atomic E-state index is 12.1. The van der Waals surface area contributed by atoms with Crippen molar-refractivity contribution in [2.75, 3.05) is 6.54 Å². The van der Waals surface area contributed by atoms with E-state index in [1.54, 1.807) is 0 Å². The average Bonchev–Trinajstić information content (AvgIpc) is 2.95. The molecule has 106 valence electrons. The molecule has 1 aliphatic carbocycles. The lowest BCUT2D eigenvalue weighted by Crippen LogP contribution is -2.36. The van der Waals surface area contributed by atoms with Crippen LogP contribution in [0, 0.1) is 11.3 Å². The second-order valence-electron chi connectivity index (χ2n) is 6.16. The van der Waals surface area contributed by atoms with E-state index in [4.69, 9.17) is 0 Å². The van der Waals surface area contributed by atoms with Gasteiger partial charge in [-0.25, -0.2) is 0 Å². The van der Waals surface area contributed by atoms with Gasteiger partial charge in [-0.05, 0) is 36.7 Å². The third kappa shape index (κ3) is 3.99. The number of carbonyl (C=O) groups is 1. The van der Waals surface area contributed by atoms with Crippen LogP contribution in [0.25, 0.3) is 0 Å². The zero-order valence-corrected chi connectivity index (χ0v) is 13.4. The van der Waals surface area contributed by atoms with Gasteiger partial charge in [0, 0.05) is 16.8 Å². The van der Waals surface area contributed by atoms with Crippen molar-refractivity contribution in [1.82, 2.24) is 5.32 Å². The number of nitrogens with one attached hydrogen (secondary N) is 1. The first-order chi connectivity index (χ1) is 9.01. The summed E-state index contributed by atoms with van der Waals surface area (Å²) in [6.07, 6.45) is 6.35. The highest BCUT2D eigenvalue weighted by molar-refractivity contribution is 7.80. The van der Waals surface area contributed by atoms with E-state index in [9.17, 15) is 4.79 Å². The lowest BCUT2D eigenvalue weighted by molar-refractivity contribution is 0.0926. The average molecular weight is 297 g/mol. The van der Waals surface area contributed by atoms with Crippen LogP contribution in [0.4, 0.5) is 0 Å². The summed E-state index contributed by atoms with van der Waals surface area (Å²) < 4.78 is 0. The van der Waals surface area contributed by atoms with Gasteiger partial charge in [0.1, 0.15) is 0 Å². The quantitative estimate of drug-likeness (QED) is 0.776. The van der Waals surface area contributed by atoms with Crippen LogP contribution in [0.2, 0.25) is 0 Å². The molecule has 0 aromatic carbocycles. The van der Waals surface area contributed by atoms with Gasteiger partial charge in [0.15, 0.2) is 0 Å². The topological polar surface area (TPSA) is 29.1 Å². The zero-order chi connectivity index (χ0) is 13.9. The second kappa shape index (κ2) is 6.31. The van der Waals surface area contributed by atoms with Crippen LogP contribution in [0.15, 0.2) is 16.3 Å². The molecule has 1 saturated carbocycles. The largest absolute Gasteiger partial charge is 0.351 e. The van der Waals surface area contributed by atoms with Gasteiger partial charge in [0.05, 0.1) is 4.88 Å². The maximum Gasteiger partial charge on any atom is 0.261 e. The van der Waals surface area contributed by atoms with Crippen molar-refractivity contribution >= 4 is 29.9 Å². The molecule has 1 amide bonds. The van der Waals surface area contributed by atoms with Gasteiger partial charge in [0.2, 0.25) is 0 Å². The van der Waals surface area contributed by atoms with Gasteiger partial charge in [0.25, 0.3) is 5.91 Å². The summed E-state index contributed by atoms with van der Waals surface area (Å²) >= 11 is 5.71.